The van der Waals surface area contributed by atoms with Gasteiger partial charge in [-0.2, -0.15) is 0 Å². The molecule has 0 fully saturated rings. The molecule has 0 amide bonds. The molecule has 0 atom stereocenters. The predicted molar refractivity (Wildman–Crippen MR) is 52.5 cm³/mol. The fourth-order valence-corrected chi connectivity index (χ4v) is 1.82. The van der Waals surface area contributed by atoms with Crippen LogP contribution in [0.15, 0.2) is 12.1 Å². The van der Waals surface area contributed by atoms with E-state index in [0.29, 0.717) is 20.9 Å². The first-order valence-corrected chi connectivity index (χ1v) is 4.42. The summed E-state index contributed by atoms with van der Waals surface area (Å²) in [5.74, 6) is -0.494. The second-order valence-electron chi connectivity index (χ2n) is 2.71. The average Bonchev–Trinajstić information content (AvgIpc) is 2.41. The number of nitrogens with zero attached hydrogens (tertiary/aromatic N) is 2. The Morgan fingerprint density at radius 1 is 1.36 bits per heavy atom. The number of halogens is 2. The van der Waals surface area contributed by atoms with Crippen molar-refractivity contribution in [2.45, 2.75) is 0 Å². The maximum Gasteiger partial charge on any atom is 0.402 e. The zero-order valence-electron chi connectivity index (χ0n) is 6.71. The van der Waals surface area contributed by atoms with Crippen molar-refractivity contribution in [3.63, 3.8) is 0 Å². The maximum atomic E-state index is 11.2. The van der Waals surface area contributed by atoms with Crippen LogP contribution in [0.4, 0.5) is 5.69 Å². The average molecular weight is 228 g/mol. The zero-order valence-corrected chi connectivity index (χ0v) is 8.23. The summed E-state index contributed by atoms with van der Waals surface area (Å²) in [5, 5.41) is 20.9. The van der Waals surface area contributed by atoms with Crippen LogP contribution in [0.25, 0.3) is 15.9 Å². The highest BCUT2D eigenvalue weighted by Crippen LogP contribution is 2.38. The molecule has 0 bridgehead atoms. The highest BCUT2D eigenvalue weighted by molar-refractivity contribution is 6.38. The highest BCUT2D eigenvalue weighted by atomic mass is 35.5. The van der Waals surface area contributed by atoms with E-state index in [1.165, 1.54) is 12.1 Å². The number of hydrogen-bond donors (Lipinski definition) is 1. The molecule has 1 heterocycles. The molecular formula is C8H3Cl2N3O. The van der Waals surface area contributed by atoms with Gasteiger partial charge in [0.05, 0.1) is 21.8 Å². The van der Waals surface area contributed by atoms with Gasteiger partial charge in [-0.15, -0.1) is 0 Å². The molecule has 14 heavy (non-hydrogen) atoms. The first-order chi connectivity index (χ1) is 6.63. The Balaban J connectivity index is 2.97. The Hall–Kier alpha value is -1.44. The van der Waals surface area contributed by atoms with Gasteiger partial charge in [0, 0.05) is 5.02 Å². The van der Waals surface area contributed by atoms with Gasteiger partial charge in [0.1, 0.15) is 0 Å². The second-order valence-corrected chi connectivity index (χ2v) is 3.56. The summed E-state index contributed by atoms with van der Waals surface area (Å²) < 4.78 is 0. The number of fused-ring (bicyclic) bond motifs is 1. The third kappa shape index (κ3) is 1.18. The van der Waals surface area contributed by atoms with Gasteiger partial charge in [0.2, 0.25) is 5.39 Å². The molecule has 2 aromatic rings. The number of rotatable bonds is 0. The van der Waals surface area contributed by atoms with E-state index in [9.17, 15) is 5.11 Å². The van der Waals surface area contributed by atoms with Crippen molar-refractivity contribution in [2.24, 2.45) is 0 Å². The molecule has 0 unspecified atom stereocenters. The first kappa shape index (κ1) is 9.13. The summed E-state index contributed by atoms with van der Waals surface area (Å²) in [4.78, 5) is 5.35. The van der Waals surface area contributed by atoms with Crippen molar-refractivity contribution >= 4 is 39.8 Å². The molecular weight excluding hydrogens is 225 g/mol. The smallest absolute Gasteiger partial charge is 0.402 e. The summed E-state index contributed by atoms with van der Waals surface area (Å²) in [6, 6.07) is 3.01. The van der Waals surface area contributed by atoms with Gasteiger partial charge in [-0.1, -0.05) is 23.2 Å². The molecule has 2 rings (SSSR count). The first-order valence-electron chi connectivity index (χ1n) is 3.66. The Labute approximate surface area is 88.7 Å². The molecule has 4 nitrogen and oxygen atoms in total. The van der Waals surface area contributed by atoms with E-state index in [-0.39, 0.29) is 5.69 Å². The molecule has 0 spiro atoms. The van der Waals surface area contributed by atoms with Crippen molar-refractivity contribution in [3.05, 3.63) is 27.2 Å². The fourth-order valence-electron chi connectivity index (χ4n) is 1.28. The SMILES string of the molecule is N#[N+]c1c([O-])[nH]c2c(Cl)cc(Cl)cc12. The molecule has 0 aliphatic heterocycles. The van der Waals surface area contributed by atoms with Crippen LogP contribution in [0.5, 0.6) is 5.88 Å². The van der Waals surface area contributed by atoms with E-state index in [1.54, 1.807) is 0 Å². The predicted octanol–water partition coefficient (Wildman–Crippen LogP) is 3.03. The summed E-state index contributed by atoms with van der Waals surface area (Å²) in [6.45, 7) is 0. The van der Waals surface area contributed by atoms with Crippen molar-refractivity contribution in [1.29, 1.82) is 5.39 Å². The topological polar surface area (TPSA) is 67.0 Å². The molecule has 1 aromatic heterocycles. The van der Waals surface area contributed by atoms with Gasteiger partial charge in [0.25, 0.3) is 0 Å². The minimum Gasteiger partial charge on any atom is -0.855 e. The molecule has 0 aliphatic carbocycles. The second kappa shape index (κ2) is 3.05. The third-order valence-electron chi connectivity index (χ3n) is 1.86. The number of aromatic amines is 1. The van der Waals surface area contributed by atoms with E-state index in [4.69, 9.17) is 28.6 Å². The van der Waals surface area contributed by atoms with Gasteiger partial charge in [-0.25, -0.2) is 0 Å². The maximum absolute atomic E-state index is 11.2. The van der Waals surface area contributed by atoms with Crippen LogP contribution >= 0.6 is 23.2 Å². The van der Waals surface area contributed by atoms with Crippen LogP contribution in [-0.2, 0) is 0 Å². The van der Waals surface area contributed by atoms with Gasteiger partial charge >= 0.3 is 5.69 Å². The van der Waals surface area contributed by atoms with Crippen LogP contribution in [0, 0.1) is 5.39 Å². The summed E-state index contributed by atoms with van der Waals surface area (Å²) >= 11 is 11.6. The summed E-state index contributed by atoms with van der Waals surface area (Å²) in [7, 11) is 0. The number of nitrogens with one attached hydrogen (secondary N) is 1. The molecule has 6 heteroatoms. The molecule has 0 radical (unpaired) electrons. The lowest BCUT2D eigenvalue weighted by atomic mass is 10.2. The van der Waals surface area contributed by atoms with Crippen molar-refractivity contribution in [1.82, 2.24) is 4.98 Å². The number of benzene rings is 1. The number of aromatic nitrogens is 1. The molecule has 0 saturated carbocycles. The third-order valence-corrected chi connectivity index (χ3v) is 2.38. The zero-order chi connectivity index (χ0) is 10.3. The molecule has 1 N–H and O–H groups in total. The van der Waals surface area contributed by atoms with Crippen LogP contribution in [-0.4, -0.2) is 4.98 Å². The van der Waals surface area contributed by atoms with Crippen molar-refractivity contribution in [2.75, 3.05) is 0 Å². The fraction of sp³-hybridized carbons (Fsp3) is 0. The van der Waals surface area contributed by atoms with Gasteiger partial charge in [-0.05, 0) is 12.1 Å². The molecule has 70 valence electrons. The van der Waals surface area contributed by atoms with Crippen LogP contribution in [0.2, 0.25) is 10.0 Å². The van der Waals surface area contributed by atoms with E-state index >= 15 is 0 Å². The van der Waals surface area contributed by atoms with E-state index in [2.05, 4.69) is 9.96 Å². The van der Waals surface area contributed by atoms with Crippen molar-refractivity contribution in [3.8, 4) is 5.88 Å². The van der Waals surface area contributed by atoms with E-state index in [1.807, 2.05) is 0 Å². The normalized spacial score (nSPS) is 10.4. The Morgan fingerprint density at radius 2 is 2.07 bits per heavy atom. The Morgan fingerprint density at radius 3 is 2.71 bits per heavy atom. The summed E-state index contributed by atoms with van der Waals surface area (Å²) in [5.41, 5.74) is 0.346. The molecule has 0 saturated heterocycles. The molecule has 0 aliphatic rings. The number of hydrogen-bond acceptors (Lipinski definition) is 2. The van der Waals surface area contributed by atoms with Crippen LogP contribution in [0.1, 0.15) is 0 Å². The lowest BCUT2D eigenvalue weighted by Crippen LogP contribution is -1.87. The van der Waals surface area contributed by atoms with E-state index < -0.39 is 5.88 Å². The van der Waals surface area contributed by atoms with E-state index in [0.717, 1.165) is 0 Å². The minimum absolute atomic E-state index is 0.0793. The Kier molecular flexibility index (Phi) is 1.99. The van der Waals surface area contributed by atoms with Gasteiger partial charge in [0.15, 0.2) is 4.98 Å². The van der Waals surface area contributed by atoms with Gasteiger partial charge < -0.3 is 10.1 Å². The highest BCUT2D eigenvalue weighted by Gasteiger charge is 2.18. The van der Waals surface area contributed by atoms with Crippen molar-refractivity contribution < 1.29 is 5.11 Å². The quantitative estimate of drug-likeness (QED) is 0.704. The van der Waals surface area contributed by atoms with Gasteiger partial charge in [-0.3, -0.25) is 0 Å². The lowest BCUT2D eigenvalue weighted by Gasteiger charge is -1.94. The standard InChI is InChI=1S/C8H3Cl2N3O/c9-3-1-4-6(5(10)2-3)12-8(14)7(4)13-11/h1-2,11H. The largest absolute Gasteiger partial charge is 0.855 e. The van der Waals surface area contributed by atoms with Crippen LogP contribution < -0.4 is 5.11 Å². The monoisotopic (exact) mass is 227 g/mol. The number of H-pyrrole nitrogens is 1. The lowest BCUT2D eigenvalue weighted by molar-refractivity contribution is -0.272. The molecule has 1 aromatic carbocycles. The summed E-state index contributed by atoms with van der Waals surface area (Å²) in [6.07, 6.45) is 0. The minimum atomic E-state index is -0.494. The Bertz CT molecular complexity index is 556. The van der Waals surface area contributed by atoms with Crippen LogP contribution in [0.3, 0.4) is 0 Å². The number of diazo groups is 1.